The lowest BCUT2D eigenvalue weighted by Gasteiger charge is -2.20. The maximum absolute atomic E-state index is 12.1. The molecule has 3 aliphatic rings. The summed E-state index contributed by atoms with van der Waals surface area (Å²) in [5.74, 6) is 2.32. The van der Waals surface area contributed by atoms with E-state index < -0.39 is 0 Å². The van der Waals surface area contributed by atoms with Crippen LogP contribution in [0.2, 0.25) is 5.02 Å². The molecule has 2 fully saturated rings. The van der Waals surface area contributed by atoms with Crippen molar-refractivity contribution in [3.05, 3.63) is 22.7 Å². The largest absolute Gasteiger partial charge is 0.486 e. The number of nitrogens with one attached hydrogen (secondary N) is 3. The minimum atomic E-state index is -0.0519. The van der Waals surface area contributed by atoms with Gasteiger partial charge in [-0.25, -0.2) is 4.79 Å². The Morgan fingerprint density at radius 1 is 1.24 bits per heavy atom. The number of amides is 3. The van der Waals surface area contributed by atoms with Crippen molar-refractivity contribution in [3.63, 3.8) is 0 Å². The highest BCUT2D eigenvalue weighted by Gasteiger charge is 2.42. The summed E-state index contributed by atoms with van der Waals surface area (Å²) in [4.78, 5) is 23.5. The quantitative estimate of drug-likeness (QED) is 0.428. The molecule has 29 heavy (non-hydrogen) atoms. The normalized spacial score (nSPS) is 24.6. The number of rotatable bonds is 8. The number of unbranched alkanes of at least 4 members (excludes halogenated alkanes) is 1. The minimum Gasteiger partial charge on any atom is -0.486 e. The van der Waals surface area contributed by atoms with Gasteiger partial charge in [-0.15, -0.1) is 0 Å². The van der Waals surface area contributed by atoms with E-state index in [-0.39, 0.29) is 24.0 Å². The average Bonchev–Trinajstić information content (AvgIpc) is 3.25. The van der Waals surface area contributed by atoms with E-state index in [1.807, 2.05) is 23.9 Å². The number of carbonyl (C=O) groups excluding carboxylic acids is 2. The monoisotopic (exact) mass is 439 g/mol. The number of thioether (sulfide) groups is 1. The highest BCUT2D eigenvalue weighted by Crippen LogP contribution is 2.38. The summed E-state index contributed by atoms with van der Waals surface area (Å²) >= 11 is 8.16. The van der Waals surface area contributed by atoms with E-state index in [0.717, 1.165) is 30.6 Å². The zero-order chi connectivity index (χ0) is 20.2. The molecule has 3 N–H and O–H groups in total. The molecule has 3 amide bonds. The number of ether oxygens (including phenoxy) is 2. The van der Waals surface area contributed by atoms with Gasteiger partial charge in [0.25, 0.3) is 0 Å². The topological polar surface area (TPSA) is 88.7 Å². The predicted octanol–water partition coefficient (Wildman–Crippen LogP) is 2.50. The van der Waals surface area contributed by atoms with Gasteiger partial charge in [0, 0.05) is 24.0 Å². The summed E-state index contributed by atoms with van der Waals surface area (Å²) in [6.45, 7) is 1.59. The molecule has 7 nitrogen and oxygen atoms in total. The van der Waals surface area contributed by atoms with Gasteiger partial charge in [-0.3, -0.25) is 4.79 Å². The Kier molecular flexibility index (Phi) is 6.60. The molecule has 2 saturated heterocycles. The fraction of sp³-hybridized carbons (Fsp3) is 0.600. The Bertz CT molecular complexity index is 778. The minimum absolute atomic E-state index is 0.0519. The molecular weight excluding hydrogens is 414 g/mol. The lowest BCUT2D eigenvalue weighted by atomic mass is 10.0. The molecule has 0 saturated carbocycles. The van der Waals surface area contributed by atoms with Crippen molar-refractivity contribution in [2.75, 3.05) is 25.5 Å². The van der Waals surface area contributed by atoms with Crippen LogP contribution in [0.5, 0.6) is 11.5 Å². The van der Waals surface area contributed by atoms with Crippen LogP contribution in [-0.2, 0) is 11.2 Å². The Morgan fingerprint density at radius 3 is 3.00 bits per heavy atom. The third-order valence-electron chi connectivity index (χ3n) is 5.47. The summed E-state index contributed by atoms with van der Waals surface area (Å²) in [5.41, 5.74) is 1.01. The van der Waals surface area contributed by atoms with E-state index in [9.17, 15) is 9.59 Å². The van der Waals surface area contributed by atoms with Crippen LogP contribution in [0.25, 0.3) is 0 Å². The van der Waals surface area contributed by atoms with Gasteiger partial charge in [-0.1, -0.05) is 18.0 Å². The molecule has 0 aromatic heterocycles. The summed E-state index contributed by atoms with van der Waals surface area (Å²) < 4.78 is 11.1. The molecule has 3 aliphatic heterocycles. The number of urea groups is 1. The van der Waals surface area contributed by atoms with E-state index in [1.54, 1.807) is 0 Å². The van der Waals surface area contributed by atoms with Crippen molar-refractivity contribution in [1.29, 1.82) is 0 Å². The summed E-state index contributed by atoms with van der Waals surface area (Å²) in [5, 5.41) is 9.93. The van der Waals surface area contributed by atoms with Crippen LogP contribution in [0.1, 0.15) is 31.2 Å². The molecule has 3 atom stereocenters. The molecule has 4 rings (SSSR count). The van der Waals surface area contributed by atoms with Crippen LogP contribution < -0.4 is 25.4 Å². The zero-order valence-electron chi connectivity index (χ0n) is 16.2. The Morgan fingerprint density at radius 2 is 2.10 bits per heavy atom. The van der Waals surface area contributed by atoms with Crippen molar-refractivity contribution in [2.45, 2.75) is 49.4 Å². The third-order valence-corrected chi connectivity index (χ3v) is 7.26. The first-order valence-corrected chi connectivity index (χ1v) is 11.6. The fourth-order valence-electron chi connectivity index (χ4n) is 4.02. The Hall–Kier alpha value is -1.80. The van der Waals surface area contributed by atoms with E-state index in [0.29, 0.717) is 54.4 Å². The van der Waals surface area contributed by atoms with E-state index in [2.05, 4.69) is 16.0 Å². The summed E-state index contributed by atoms with van der Waals surface area (Å²) in [6.07, 6.45) is 4.09. The second kappa shape index (κ2) is 9.34. The highest BCUT2D eigenvalue weighted by molar-refractivity contribution is 8.00. The fourth-order valence-corrected chi connectivity index (χ4v) is 5.85. The molecule has 0 radical (unpaired) electrons. The van der Waals surface area contributed by atoms with Gasteiger partial charge in [0.2, 0.25) is 5.91 Å². The van der Waals surface area contributed by atoms with Crippen LogP contribution in [0, 0.1) is 0 Å². The molecular formula is C20H26ClN3O4S. The smallest absolute Gasteiger partial charge is 0.315 e. The Balaban J connectivity index is 1.12. The van der Waals surface area contributed by atoms with Gasteiger partial charge in [0.1, 0.15) is 13.2 Å². The van der Waals surface area contributed by atoms with Gasteiger partial charge < -0.3 is 25.4 Å². The second-order valence-electron chi connectivity index (χ2n) is 7.57. The second-order valence-corrected chi connectivity index (χ2v) is 9.25. The third kappa shape index (κ3) is 5.04. The standard InChI is InChI=1S/C20H26ClN3O4S/c21-13-9-12(10-15-19(13)28-8-7-27-15)5-6-22-17(25)4-2-1-3-16-18-14(11-29-16)23-20(26)24-18/h9-10,14,16,18H,1-8,11H2,(H,22,25)(H2,23,24,26)/t14-,16+,18+/m1/s1. The first-order chi connectivity index (χ1) is 14.1. The molecule has 158 valence electrons. The van der Waals surface area contributed by atoms with Crippen LogP contribution in [0.4, 0.5) is 4.79 Å². The zero-order valence-corrected chi connectivity index (χ0v) is 17.7. The summed E-state index contributed by atoms with van der Waals surface area (Å²) in [6, 6.07) is 4.23. The maximum Gasteiger partial charge on any atom is 0.315 e. The van der Waals surface area contributed by atoms with Gasteiger partial charge in [-0.05, 0) is 37.0 Å². The maximum atomic E-state index is 12.1. The molecule has 0 unspecified atom stereocenters. The number of benzene rings is 1. The summed E-state index contributed by atoms with van der Waals surface area (Å²) in [7, 11) is 0. The number of hydrogen-bond donors (Lipinski definition) is 3. The van der Waals surface area contributed by atoms with Crippen LogP contribution in [0.15, 0.2) is 12.1 Å². The van der Waals surface area contributed by atoms with E-state index in [4.69, 9.17) is 21.1 Å². The van der Waals surface area contributed by atoms with Crippen molar-refractivity contribution < 1.29 is 19.1 Å². The van der Waals surface area contributed by atoms with Crippen LogP contribution in [-0.4, -0.2) is 54.8 Å². The Labute approximate surface area is 179 Å². The van der Waals surface area contributed by atoms with E-state index >= 15 is 0 Å². The molecule has 1 aromatic rings. The average molecular weight is 440 g/mol. The molecule has 1 aromatic carbocycles. The van der Waals surface area contributed by atoms with Gasteiger partial charge in [-0.2, -0.15) is 11.8 Å². The molecule has 3 heterocycles. The lowest BCUT2D eigenvalue weighted by molar-refractivity contribution is -0.121. The SMILES string of the molecule is O=C(CCCC[C@@H]1SC[C@H]2NC(=O)N[C@H]12)NCCc1cc(Cl)c2c(c1)OCCO2. The predicted molar refractivity (Wildman–Crippen MR) is 113 cm³/mol. The van der Waals surface area contributed by atoms with Crippen molar-refractivity contribution in [2.24, 2.45) is 0 Å². The number of halogens is 1. The van der Waals surface area contributed by atoms with Crippen LogP contribution in [0.3, 0.4) is 0 Å². The number of carbonyl (C=O) groups is 2. The van der Waals surface area contributed by atoms with Crippen molar-refractivity contribution in [3.8, 4) is 11.5 Å². The number of hydrogen-bond acceptors (Lipinski definition) is 5. The molecule has 0 aliphatic carbocycles. The number of fused-ring (bicyclic) bond motifs is 2. The molecule has 0 bridgehead atoms. The molecule has 0 spiro atoms. The van der Waals surface area contributed by atoms with Crippen LogP contribution >= 0.6 is 23.4 Å². The van der Waals surface area contributed by atoms with Crippen molar-refractivity contribution >= 4 is 35.3 Å². The first kappa shape index (κ1) is 20.5. The molecule has 9 heteroatoms. The van der Waals surface area contributed by atoms with Gasteiger partial charge >= 0.3 is 6.03 Å². The van der Waals surface area contributed by atoms with Crippen molar-refractivity contribution in [1.82, 2.24) is 16.0 Å². The van der Waals surface area contributed by atoms with E-state index in [1.165, 1.54) is 0 Å². The lowest BCUT2D eigenvalue weighted by Crippen LogP contribution is -2.36. The highest BCUT2D eigenvalue weighted by atomic mass is 35.5. The first-order valence-electron chi connectivity index (χ1n) is 10.1. The van der Waals surface area contributed by atoms with Gasteiger partial charge in [0.15, 0.2) is 11.5 Å². The van der Waals surface area contributed by atoms with Gasteiger partial charge in [0.05, 0.1) is 17.1 Å².